The maximum atomic E-state index is 13.2. The lowest BCUT2D eigenvalue weighted by molar-refractivity contribution is -0.215. The van der Waals surface area contributed by atoms with Gasteiger partial charge in [-0.2, -0.15) is 0 Å². The van der Waals surface area contributed by atoms with Gasteiger partial charge in [-0.15, -0.1) is 0 Å². The van der Waals surface area contributed by atoms with E-state index in [1.54, 1.807) is 0 Å². The minimum atomic E-state index is -0.670. The van der Waals surface area contributed by atoms with E-state index >= 15 is 0 Å². The molecule has 4 saturated carbocycles. The van der Waals surface area contributed by atoms with Crippen molar-refractivity contribution in [3.63, 3.8) is 0 Å². The van der Waals surface area contributed by atoms with E-state index in [0.29, 0.717) is 18.3 Å². The average molecular weight is 421 g/mol. The van der Waals surface area contributed by atoms with Crippen LogP contribution in [0.3, 0.4) is 0 Å². The molecule has 1 unspecified atom stereocenters. The van der Waals surface area contributed by atoms with Gasteiger partial charge in [0.05, 0.1) is 5.41 Å². The van der Waals surface area contributed by atoms with Crippen molar-refractivity contribution in [3.8, 4) is 0 Å². The summed E-state index contributed by atoms with van der Waals surface area (Å²) in [7, 11) is 0. The lowest BCUT2D eigenvalue weighted by Crippen LogP contribution is -2.59. The summed E-state index contributed by atoms with van der Waals surface area (Å²) in [6.07, 6.45) is 7.72. The van der Waals surface area contributed by atoms with Crippen LogP contribution in [0.15, 0.2) is 0 Å². The van der Waals surface area contributed by atoms with Gasteiger partial charge in [0, 0.05) is 0 Å². The average Bonchev–Trinajstić information content (AvgIpc) is 2.59. The first kappa shape index (κ1) is 23.6. The minimum Gasteiger partial charge on any atom is -0.456 e. The Hall–Kier alpha value is -1.06. The molecule has 4 nitrogen and oxygen atoms in total. The Morgan fingerprint density at radius 1 is 0.867 bits per heavy atom. The summed E-state index contributed by atoms with van der Waals surface area (Å²) >= 11 is 0. The molecule has 172 valence electrons. The van der Waals surface area contributed by atoms with Crippen LogP contribution in [0.1, 0.15) is 100 Å². The number of hydrogen-bond acceptors (Lipinski definition) is 4. The SMILES string of the molecule is CCC1(OC(=O)COC(=O)C(C)(CC(C)(C)C)C(C)(C)C)C2CC3CC(C2)CC1C3. The molecule has 0 N–H and O–H groups in total. The van der Waals surface area contributed by atoms with Crippen molar-refractivity contribution in [3.05, 3.63) is 0 Å². The lowest BCUT2D eigenvalue weighted by Gasteiger charge is -2.60. The van der Waals surface area contributed by atoms with Gasteiger partial charge in [0.15, 0.2) is 6.61 Å². The highest BCUT2D eigenvalue weighted by atomic mass is 16.6. The van der Waals surface area contributed by atoms with E-state index in [1.807, 2.05) is 6.92 Å². The van der Waals surface area contributed by atoms with Crippen molar-refractivity contribution < 1.29 is 19.1 Å². The topological polar surface area (TPSA) is 52.6 Å². The molecule has 0 heterocycles. The summed E-state index contributed by atoms with van der Waals surface area (Å²) in [5, 5.41) is 0. The highest BCUT2D eigenvalue weighted by Crippen LogP contribution is 2.60. The Balaban J connectivity index is 1.65. The first-order valence-electron chi connectivity index (χ1n) is 12.1. The maximum absolute atomic E-state index is 13.2. The third-order valence-corrected chi connectivity index (χ3v) is 8.69. The Bertz CT molecular complexity index is 638. The van der Waals surface area contributed by atoms with Gasteiger partial charge in [-0.3, -0.25) is 4.79 Å². The quantitative estimate of drug-likeness (QED) is 0.482. The van der Waals surface area contributed by atoms with Crippen LogP contribution >= 0.6 is 0 Å². The zero-order valence-electron chi connectivity index (χ0n) is 20.6. The molecule has 4 rings (SSSR count). The highest BCUT2D eigenvalue weighted by Gasteiger charge is 2.58. The predicted molar refractivity (Wildman–Crippen MR) is 119 cm³/mol. The molecule has 4 aliphatic carbocycles. The van der Waals surface area contributed by atoms with Crippen molar-refractivity contribution in [2.24, 2.45) is 39.9 Å². The molecule has 0 aliphatic heterocycles. The summed E-state index contributed by atoms with van der Waals surface area (Å²) in [6, 6.07) is 0. The van der Waals surface area contributed by atoms with Crippen LogP contribution < -0.4 is 0 Å². The molecule has 0 aromatic heterocycles. The summed E-state index contributed by atoms with van der Waals surface area (Å²) in [5.41, 5.74) is -1.30. The third-order valence-electron chi connectivity index (χ3n) is 8.69. The molecule has 0 amide bonds. The molecule has 0 saturated heterocycles. The normalized spacial score (nSPS) is 35.1. The molecule has 4 aliphatic rings. The second-order valence-electron chi connectivity index (χ2n) is 13.0. The molecule has 4 bridgehead atoms. The van der Waals surface area contributed by atoms with E-state index in [-0.39, 0.29) is 35.0 Å². The number of rotatable bonds is 6. The van der Waals surface area contributed by atoms with Crippen LogP contribution in [0, 0.1) is 39.9 Å². The van der Waals surface area contributed by atoms with Gasteiger partial charge in [-0.1, -0.05) is 48.5 Å². The third kappa shape index (κ3) is 4.30. The molecular formula is C26H44O4. The Labute approximate surface area is 183 Å². The van der Waals surface area contributed by atoms with Gasteiger partial charge >= 0.3 is 11.9 Å². The number of hydrogen-bond donors (Lipinski definition) is 0. The van der Waals surface area contributed by atoms with E-state index in [4.69, 9.17) is 9.47 Å². The van der Waals surface area contributed by atoms with E-state index in [2.05, 4.69) is 48.5 Å². The Morgan fingerprint density at radius 3 is 1.77 bits per heavy atom. The summed E-state index contributed by atoms with van der Waals surface area (Å²) < 4.78 is 11.8. The minimum absolute atomic E-state index is 0.0196. The van der Waals surface area contributed by atoms with Gasteiger partial charge in [0.2, 0.25) is 0 Å². The van der Waals surface area contributed by atoms with Gasteiger partial charge < -0.3 is 9.47 Å². The largest absolute Gasteiger partial charge is 0.456 e. The molecule has 4 heteroatoms. The zero-order chi connectivity index (χ0) is 22.5. The summed E-state index contributed by atoms with van der Waals surface area (Å²) in [4.78, 5) is 26.0. The fraction of sp³-hybridized carbons (Fsp3) is 0.923. The zero-order valence-corrected chi connectivity index (χ0v) is 20.6. The van der Waals surface area contributed by atoms with E-state index in [1.165, 1.54) is 32.1 Å². The lowest BCUT2D eigenvalue weighted by atomic mass is 9.49. The first-order chi connectivity index (χ1) is 13.7. The smallest absolute Gasteiger partial charge is 0.344 e. The van der Waals surface area contributed by atoms with Crippen molar-refractivity contribution in [2.75, 3.05) is 6.61 Å². The first-order valence-corrected chi connectivity index (χ1v) is 12.1. The van der Waals surface area contributed by atoms with Crippen LogP contribution in [0.5, 0.6) is 0 Å². The standard InChI is InChI=1S/C26H44O4/c1-9-26(19-11-17-10-18(13-19)14-20(26)12-17)30-21(27)15-29-22(28)25(8,24(5,6)7)16-23(2,3)4/h17-20H,9-16H2,1-8H3. The van der Waals surface area contributed by atoms with Gasteiger partial charge in [-0.05, 0) is 86.4 Å². The Morgan fingerprint density at radius 2 is 1.37 bits per heavy atom. The number of ether oxygens (including phenoxy) is 2. The molecule has 1 atom stereocenters. The molecule has 0 spiro atoms. The van der Waals surface area contributed by atoms with Crippen LogP contribution in [0.2, 0.25) is 0 Å². The summed E-state index contributed by atoms with van der Waals surface area (Å²) in [6.45, 7) is 16.5. The summed E-state index contributed by atoms with van der Waals surface area (Å²) in [5.74, 6) is 1.96. The molecule has 0 radical (unpaired) electrons. The van der Waals surface area contributed by atoms with Crippen LogP contribution in [-0.2, 0) is 19.1 Å². The van der Waals surface area contributed by atoms with Crippen molar-refractivity contribution in [1.82, 2.24) is 0 Å². The van der Waals surface area contributed by atoms with Gasteiger partial charge in [0.25, 0.3) is 0 Å². The van der Waals surface area contributed by atoms with Crippen molar-refractivity contribution in [2.45, 2.75) is 106 Å². The second kappa shape index (κ2) is 7.81. The molecule has 0 aromatic rings. The van der Waals surface area contributed by atoms with E-state index in [0.717, 1.165) is 18.3 Å². The predicted octanol–water partition coefficient (Wildman–Crippen LogP) is 6.17. The van der Waals surface area contributed by atoms with E-state index < -0.39 is 5.41 Å². The maximum Gasteiger partial charge on any atom is 0.344 e. The molecule has 0 aromatic carbocycles. The fourth-order valence-corrected chi connectivity index (χ4v) is 7.03. The number of esters is 2. The molecular weight excluding hydrogens is 376 g/mol. The van der Waals surface area contributed by atoms with E-state index in [9.17, 15) is 9.59 Å². The monoisotopic (exact) mass is 420 g/mol. The van der Waals surface area contributed by atoms with Crippen LogP contribution in [0.25, 0.3) is 0 Å². The van der Waals surface area contributed by atoms with Gasteiger partial charge in [0.1, 0.15) is 5.60 Å². The Kier molecular flexibility index (Phi) is 6.15. The highest BCUT2D eigenvalue weighted by molar-refractivity contribution is 5.81. The van der Waals surface area contributed by atoms with Crippen LogP contribution in [0.4, 0.5) is 0 Å². The van der Waals surface area contributed by atoms with Crippen molar-refractivity contribution in [1.29, 1.82) is 0 Å². The van der Waals surface area contributed by atoms with Crippen LogP contribution in [-0.4, -0.2) is 24.1 Å². The van der Waals surface area contributed by atoms with Gasteiger partial charge in [-0.25, -0.2) is 4.79 Å². The second-order valence-corrected chi connectivity index (χ2v) is 13.0. The number of carbonyl (C=O) groups excluding carboxylic acids is 2. The van der Waals surface area contributed by atoms with Crippen molar-refractivity contribution >= 4 is 11.9 Å². The molecule has 30 heavy (non-hydrogen) atoms. The fourth-order valence-electron chi connectivity index (χ4n) is 7.03. The number of carbonyl (C=O) groups is 2. The molecule has 4 fully saturated rings.